The number of nitrogens with one attached hydrogen (secondary N) is 4. The number of aromatic nitrogens is 8. The molecule has 16 nitrogen and oxygen atoms in total. The van der Waals surface area contributed by atoms with E-state index in [1.807, 2.05) is 0 Å². The van der Waals surface area contributed by atoms with Crippen LogP contribution in [0.2, 0.25) is 0 Å². The van der Waals surface area contributed by atoms with Crippen LogP contribution in [0.1, 0.15) is 0 Å². The average molecular weight is 584 g/mol. The summed E-state index contributed by atoms with van der Waals surface area (Å²) in [5.41, 5.74) is -5.78. The molecular formula is C28H8N8O8. The molecule has 6 heterocycles. The Labute approximate surface area is 232 Å². The monoisotopic (exact) mass is 584 g/mol. The van der Waals surface area contributed by atoms with Crippen LogP contribution in [0.5, 0.6) is 0 Å². The number of hydrogen-bond donors (Lipinski definition) is 4. The van der Waals surface area contributed by atoms with Crippen molar-refractivity contribution in [2.45, 2.75) is 0 Å². The van der Waals surface area contributed by atoms with Gasteiger partial charge in [-0.2, -0.15) is 18.1 Å². The highest BCUT2D eigenvalue weighted by Gasteiger charge is 2.31. The first-order valence-electron chi connectivity index (χ1n) is 13.1. The van der Waals surface area contributed by atoms with Crippen molar-refractivity contribution in [2.24, 2.45) is 0 Å². The molecule has 0 unspecified atom stereocenters. The third kappa shape index (κ3) is 1.95. The number of aromatic amines is 4. The molecule has 6 aromatic heterocycles. The Hall–Kier alpha value is -6.84. The second-order valence-corrected chi connectivity index (χ2v) is 11.1. The van der Waals surface area contributed by atoms with Crippen LogP contribution in [-0.2, 0) is 0 Å². The largest absolute Gasteiger partial charge is 0.349 e. The van der Waals surface area contributed by atoms with Crippen molar-refractivity contribution in [3.05, 3.63) is 108 Å². The highest BCUT2D eigenvalue weighted by atomic mass is 16.2. The Kier molecular flexibility index (Phi) is 3.06. The van der Waals surface area contributed by atoms with E-state index in [0.717, 1.165) is 18.1 Å². The maximum atomic E-state index is 13.3. The summed E-state index contributed by atoms with van der Waals surface area (Å²) in [7, 11) is 0. The summed E-state index contributed by atoms with van der Waals surface area (Å²) in [6.45, 7) is 0. The molecule has 4 N–H and O–H groups in total. The van der Waals surface area contributed by atoms with Crippen molar-refractivity contribution in [2.75, 3.05) is 0 Å². The lowest BCUT2D eigenvalue weighted by Crippen LogP contribution is -2.24. The van der Waals surface area contributed by atoms with Crippen molar-refractivity contribution in [3.63, 3.8) is 0 Å². The molecule has 0 atom stereocenters. The van der Waals surface area contributed by atoms with Gasteiger partial charge in [0.1, 0.15) is 0 Å². The maximum Gasteiger partial charge on any atom is 0.349 e. The zero-order chi connectivity index (χ0) is 29.8. The van der Waals surface area contributed by atoms with Gasteiger partial charge in [0.15, 0.2) is 0 Å². The van der Waals surface area contributed by atoms with Crippen molar-refractivity contribution in [1.82, 2.24) is 38.0 Å². The number of nitrogens with zero attached hydrogens (tertiary/aromatic N) is 4. The summed E-state index contributed by atoms with van der Waals surface area (Å²) < 4.78 is 4.17. The Balaban J connectivity index is 1.77. The van der Waals surface area contributed by atoms with E-state index in [1.54, 1.807) is 0 Å². The van der Waals surface area contributed by atoms with E-state index in [4.69, 9.17) is 0 Å². The third-order valence-corrected chi connectivity index (χ3v) is 9.17. The van der Waals surface area contributed by atoms with Crippen LogP contribution in [0.4, 0.5) is 0 Å². The summed E-state index contributed by atoms with van der Waals surface area (Å²) in [5, 5.41) is 2.72. The van der Waals surface area contributed by atoms with Gasteiger partial charge in [-0.25, -0.2) is 19.2 Å². The minimum Gasteiger partial charge on any atom is -0.288 e. The predicted octanol–water partition coefficient (Wildman–Crippen LogP) is -1.00. The SMILES string of the molecule is O=c1[nH]c(=O)c2cc3c4c5c2c1cc1c5c2c5c6c(cc2n2c(=O)[nH]c(=O)n12)c(=O)[nH]c(=O)c6cc(c54)n1c(=O)[nH]c(=O)n31. The minimum absolute atomic E-state index is 0.0428. The summed E-state index contributed by atoms with van der Waals surface area (Å²) in [6, 6.07) is 5.63. The molecule has 0 bridgehead atoms. The molecule has 0 aliphatic carbocycles. The summed E-state index contributed by atoms with van der Waals surface area (Å²) >= 11 is 0. The van der Waals surface area contributed by atoms with Gasteiger partial charge < -0.3 is 0 Å². The standard InChI is InChI=1S/C28H8N8O8/c37-21-5-1-9-15-16-10(34-26(42)31-25(41)33(9)34)3-7-14-8(24(40)30-23(7)39)4-12-18(20(14)16)17-11(35-27(43)32-28(44)36(12)35)2-6(22(38)29-21)13(5)19(15)17/h1-4H,(H,29,37,38)(H,30,39,40)(H,31,41,42)(H,32,43,44). The second-order valence-electron chi connectivity index (χ2n) is 11.1. The van der Waals surface area contributed by atoms with Gasteiger partial charge in [-0.15, -0.1) is 0 Å². The van der Waals surface area contributed by atoms with Crippen molar-refractivity contribution in [3.8, 4) is 0 Å². The lowest BCUT2D eigenvalue weighted by atomic mass is 9.84. The van der Waals surface area contributed by atoms with Crippen molar-refractivity contribution in [1.29, 1.82) is 0 Å². The molecule has 0 amide bonds. The second kappa shape index (κ2) is 6.16. The van der Waals surface area contributed by atoms with Crippen LogP contribution in [0.25, 0.3) is 86.7 Å². The van der Waals surface area contributed by atoms with Gasteiger partial charge in [0.2, 0.25) is 0 Å². The lowest BCUT2D eigenvalue weighted by Gasteiger charge is -2.23. The van der Waals surface area contributed by atoms with E-state index in [0.29, 0.717) is 32.3 Å². The molecule has 0 saturated heterocycles. The molecule has 0 spiro atoms. The van der Waals surface area contributed by atoms with Gasteiger partial charge in [-0.05, 0) is 24.3 Å². The van der Waals surface area contributed by atoms with E-state index in [1.165, 1.54) is 24.3 Å². The maximum absolute atomic E-state index is 13.3. The third-order valence-electron chi connectivity index (χ3n) is 9.17. The Morgan fingerprint density at radius 2 is 0.568 bits per heavy atom. The molecule has 0 saturated carbocycles. The Bertz CT molecular complexity index is 3210. The van der Waals surface area contributed by atoms with Gasteiger partial charge in [-0.3, -0.25) is 39.1 Å². The molecule has 0 aliphatic rings. The van der Waals surface area contributed by atoms with E-state index in [9.17, 15) is 38.4 Å². The van der Waals surface area contributed by atoms with E-state index in [2.05, 4.69) is 19.9 Å². The number of H-pyrrole nitrogens is 4. The highest BCUT2D eigenvalue weighted by Crippen LogP contribution is 2.50. The van der Waals surface area contributed by atoms with E-state index in [-0.39, 0.29) is 54.4 Å². The molecule has 208 valence electrons. The van der Waals surface area contributed by atoms with Crippen LogP contribution in [0, 0.1) is 0 Å². The predicted molar refractivity (Wildman–Crippen MR) is 159 cm³/mol. The van der Waals surface area contributed by atoms with Crippen LogP contribution in [0.3, 0.4) is 0 Å². The number of rotatable bonds is 0. The normalized spacial score (nSPS) is 13.3. The number of fused-ring (bicyclic) bond motifs is 6. The van der Waals surface area contributed by atoms with Crippen molar-refractivity contribution < 1.29 is 0 Å². The van der Waals surface area contributed by atoms with Crippen LogP contribution < -0.4 is 45.0 Å². The van der Waals surface area contributed by atoms with Crippen LogP contribution in [0.15, 0.2) is 62.6 Å². The fraction of sp³-hybridized carbons (Fsp3) is 0. The van der Waals surface area contributed by atoms with Gasteiger partial charge in [0, 0.05) is 43.1 Å². The lowest BCUT2D eigenvalue weighted by molar-refractivity contribution is 0.837. The fourth-order valence-electron chi connectivity index (χ4n) is 7.71. The number of benzene rings is 5. The minimum atomic E-state index is -0.829. The molecule has 44 heavy (non-hydrogen) atoms. The highest BCUT2D eigenvalue weighted by molar-refractivity contribution is 6.48. The number of pyridine rings is 2. The smallest absolute Gasteiger partial charge is 0.288 e. The quantitative estimate of drug-likeness (QED) is 0.128. The molecule has 0 aliphatic heterocycles. The summed E-state index contributed by atoms with van der Waals surface area (Å²) in [5.74, 6) is 0. The molecule has 11 aromatic rings. The summed E-state index contributed by atoms with van der Waals surface area (Å²) in [4.78, 5) is 115. The Morgan fingerprint density at radius 1 is 0.318 bits per heavy atom. The van der Waals surface area contributed by atoms with E-state index < -0.39 is 45.0 Å². The van der Waals surface area contributed by atoms with Gasteiger partial charge in [-0.1, -0.05) is 0 Å². The first-order chi connectivity index (χ1) is 21.2. The average Bonchev–Trinajstić information content (AvgIpc) is 3.46. The van der Waals surface area contributed by atoms with Gasteiger partial charge in [0.05, 0.1) is 43.6 Å². The molecule has 0 fully saturated rings. The van der Waals surface area contributed by atoms with Gasteiger partial charge in [0.25, 0.3) is 22.2 Å². The zero-order valence-corrected chi connectivity index (χ0v) is 21.4. The van der Waals surface area contributed by atoms with Crippen molar-refractivity contribution >= 4 is 86.7 Å². The van der Waals surface area contributed by atoms with Crippen LogP contribution in [-0.4, -0.2) is 38.0 Å². The first-order valence-corrected chi connectivity index (χ1v) is 13.1. The molecule has 0 radical (unpaired) electrons. The van der Waals surface area contributed by atoms with E-state index >= 15 is 0 Å². The number of hydrogen-bond acceptors (Lipinski definition) is 8. The Morgan fingerprint density at radius 3 is 0.818 bits per heavy atom. The molecule has 11 rings (SSSR count). The zero-order valence-electron chi connectivity index (χ0n) is 21.4. The van der Waals surface area contributed by atoms with Gasteiger partial charge >= 0.3 is 22.8 Å². The molecular weight excluding hydrogens is 576 g/mol. The molecule has 5 aromatic carbocycles. The topological polar surface area (TPSA) is 217 Å². The fourth-order valence-corrected chi connectivity index (χ4v) is 7.71. The summed E-state index contributed by atoms with van der Waals surface area (Å²) in [6.07, 6.45) is 0. The molecule has 16 heteroatoms. The van der Waals surface area contributed by atoms with Crippen LogP contribution >= 0.6 is 0 Å². The first kappa shape index (κ1) is 21.8.